The van der Waals surface area contributed by atoms with E-state index in [1.54, 1.807) is 0 Å². The van der Waals surface area contributed by atoms with E-state index < -0.39 is 0 Å². The van der Waals surface area contributed by atoms with Gasteiger partial charge < -0.3 is 11.5 Å². The molecule has 4 rings (SSSR count). The minimum Gasteiger partial charge on any atom is -0.399 e. The first kappa shape index (κ1) is 33.4. The van der Waals surface area contributed by atoms with Crippen molar-refractivity contribution in [2.45, 2.75) is 117 Å². The Morgan fingerprint density at radius 1 is 0.432 bits per heavy atom. The van der Waals surface area contributed by atoms with Gasteiger partial charge >= 0.3 is 0 Å². The van der Waals surface area contributed by atoms with E-state index >= 15 is 0 Å². The molecule has 0 spiro atoms. The Labute approximate surface area is 268 Å². The van der Waals surface area contributed by atoms with E-state index in [9.17, 15) is 0 Å². The van der Waals surface area contributed by atoms with E-state index in [1.165, 1.54) is 95.9 Å². The van der Waals surface area contributed by atoms with E-state index in [0.717, 1.165) is 24.2 Å². The second-order valence-electron chi connectivity index (χ2n) is 13.0. The van der Waals surface area contributed by atoms with Gasteiger partial charge in [-0.05, 0) is 102 Å². The maximum atomic E-state index is 6.11. The molecular weight excluding hydrogens is 532 g/mol. The molecule has 4 N–H and O–H groups in total. The standard InChI is InChI=1S/C42H56N2/c1-6-9-11-14-41(38-26-24-36(43)28-30(38)4)34-20-16-32(17-21-34)40(13-8-3)33-18-22-35(23-19-33)42(15-12-10-7-2)39-27-25-37(44)29-31(39)5/h16-29,40-42H,6-15,43-44H2,1-5H3. The van der Waals surface area contributed by atoms with Crippen LogP contribution in [0.2, 0.25) is 0 Å². The highest BCUT2D eigenvalue weighted by atomic mass is 14.5. The van der Waals surface area contributed by atoms with Crippen molar-refractivity contribution >= 4 is 11.4 Å². The fraction of sp³-hybridized carbons (Fsp3) is 0.429. The number of anilines is 2. The maximum Gasteiger partial charge on any atom is 0.0316 e. The Morgan fingerprint density at radius 3 is 1.11 bits per heavy atom. The number of hydrogen-bond acceptors (Lipinski definition) is 2. The number of aryl methyl sites for hydroxylation is 2. The molecule has 2 unspecified atom stereocenters. The van der Waals surface area contributed by atoms with Crippen molar-refractivity contribution in [3.8, 4) is 0 Å². The maximum absolute atomic E-state index is 6.11. The zero-order valence-electron chi connectivity index (χ0n) is 28.0. The topological polar surface area (TPSA) is 52.0 Å². The largest absolute Gasteiger partial charge is 0.399 e. The van der Waals surface area contributed by atoms with Crippen LogP contribution in [0.5, 0.6) is 0 Å². The van der Waals surface area contributed by atoms with Crippen molar-refractivity contribution < 1.29 is 0 Å². The third-order valence-electron chi connectivity index (χ3n) is 9.59. The molecule has 0 aromatic heterocycles. The normalized spacial score (nSPS) is 13.5. The van der Waals surface area contributed by atoms with Crippen LogP contribution in [0.3, 0.4) is 0 Å². The summed E-state index contributed by atoms with van der Waals surface area (Å²) in [5.41, 5.74) is 25.0. The lowest BCUT2D eigenvalue weighted by molar-refractivity contribution is 0.616. The van der Waals surface area contributed by atoms with Gasteiger partial charge in [0.05, 0.1) is 0 Å². The summed E-state index contributed by atoms with van der Waals surface area (Å²) in [6.45, 7) is 11.3. The molecule has 2 atom stereocenters. The first-order chi connectivity index (χ1) is 21.4. The highest BCUT2D eigenvalue weighted by Crippen LogP contribution is 2.37. The van der Waals surface area contributed by atoms with Gasteiger partial charge in [-0.15, -0.1) is 0 Å². The van der Waals surface area contributed by atoms with Crippen LogP contribution in [0, 0.1) is 13.8 Å². The number of rotatable bonds is 16. The molecule has 0 saturated carbocycles. The van der Waals surface area contributed by atoms with Crippen LogP contribution in [-0.4, -0.2) is 0 Å². The highest BCUT2D eigenvalue weighted by Gasteiger charge is 2.20. The summed E-state index contributed by atoms with van der Waals surface area (Å²) in [4.78, 5) is 0. The lowest BCUT2D eigenvalue weighted by Gasteiger charge is -2.24. The van der Waals surface area contributed by atoms with Gasteiger partial charge in [0, 0.05) is 29.1 Å². The molecule has 0 amide bonds. The van der Waals surface area contributed by atoms with Gasteiger partial charge in [-0.25, -0.2) is 0 Å². The highest BCUT2D eigenvalue weighted by molar-refractivity contribution is 5.50. The van der Waals surface area contributed by atoms with E-state index in [1.807, 2.05) is 0 Å². The van der Waals surface area contributed by atoms with Crippen molar-refractivity contribution in [3.63, 3.8) is 0 Å². The summed E-state index contributed by atoms with van der Waals surface area (Å²) >= 11 is 0. The molecule has 0 aliphatic heterocycles. The van der Waals surface area contributed by atoms with Crippen LogP contribution in [0.4, 0.5) is 11.4 Å². The van der Waals surface area contributed by atoms with Gasteiger partial charge in [0.25, 0.3) is 0 Å². The van der Waals surface area contributed by atoms with Crippen molar-refractivity contribution in [1.82, 2.24) is 0 Å². The van der Waals surface area contributed by atoms with E-state index in [0.29, 0.717) is 17.8 Å². The summed E-state index contributed by atoms with van der Waals surface area (Å²) in [6, 6.07) is 32.0. The average Bonchev–Trinajstić information content (AvgIpc) is 3.02. The Balaban J connectivity index is 1.61. The average molecular weight is 589 g/mol. The molecule has 4 aromatic rings. The summed E-state index contributed by atoms with van der Waals surface area (Å²) in [7, 11) is 0. The molecular formula is C42H56N2. The second-order valence-corrected chi connectivity index (χ2v) is 13.0. The van der Waals surface area contributed by atoms with Gasteiger partial charge in [-0.3, -0.25) is 0 Å². The van der Waals surface area contributed by atoms with E-state index in [-0.39, 0.29) is 0 Å². The molecule has 2 nitrogen and oxygen atoms in total. The molecule has 0 aliphatic rings. The zero-order valence-corrected chi connectivity index (χ0v) is 28.0. The predicted molar refractivity (Wildman–Crippen MR) is 193 cm³/mol. The molecule has 0 heterocycles. The van der Waals surface area contributed by atoms with Crippen LogP contribution < -0.4 is 11.5 Å². The summed E-state index contributed by atoms with van der Waals surface area (Å²) in [5, 5.41) is 0. The number of benzene rings is 4. The molecule has 0 saturated heterocycles. The fourth-order valence-electron chi connectivity index (χ4n) is 7.12. The Bertz CT molecular complexity index is 1330. The van der Waals surface area contributed by atoms with E-state index in [2.05, 4.69) is 120 Å². The summed E-state index contributed by atoms with van der Waals surface area (Å²) < 4.78 is 0. The molecule has 234 valence electrons. The molecule has 2 heteroatoms. The number of nitrogens with two attached hydrogens (primary N) is 2. The van der Waals surface area contributed by atoms with Crippen LogP contribution in [0.1, 0.15) is 147 Å². The Morgan fingerprint density at radius 2 is 0.795 bits per heavy atom. The molecule has 0 fully saturated rings. The van der Waals surface area contributed by atoms with Gasteiger partial charge in [-0.2, -0.15) is 0 Å². The van der Waals surface area contributed by atoms with Crippen LogP contribution in [0.25, 0.3) is 0 Å². The van der Waals surface area contributed by atoms with E-state index in [4.69, 9.17) is 11.5 Å². The third-order valence-corrected chi connectivity index (χ3v) is 9.59. The minimum atomic E-state index is 0.400. The quantitative estimate of drug-likeness (QED) is 0.101. The number of hydrogen-bond donors (Lipinski definition) is 2. The summed E-state index contributed by atoms with van der Waals surface area (Å²) in [6.07, 6.45) is 12.2. The second kappa shape index (κ2) is 16.5. The fourth-order valence-corrected chi connectivity index (χ4v) is 7.12. The van der Waals surface area contributed by atoms with Gasteiger partial charge in [-0.1, -0.05) is 126 Å². The van der Waals surface area contributed by atoms with Gasteiger partial charge in [0.2, 0.25) is 0 Å². The molecule has 44 heavy (non-hydrogen) atoms. The van der Waals surface area contributed by atoms with Crippen LogP contribution >= 0.6 is 0 Å². The number of nitrogen functional groups attached to an aromatic ring is 2. The smallest absolute Gasteiger partial charge is 0.0316 e. The first-order valence-electron chi connectivity index (χ1n) is 17.3. The van der Waals surface area contributed by atoms with Crippen LogP contribution in [0.15, 0.2) is 84.9 Å². The lowest BCUT2D eigenvalue weighted by atomic mass is 9.81. The minimum absolute atomic E-state index is 0.400. The van der Waals surface area contributed by atoms with Crippen molar-refractivity contribution in [1.29, 1.82) is 0 Å². The molecule has 0 radical (unpaired) electrons. The van der Waals surface area contributed by atoms with Crippen molar-refractivity contribution in [2.24, 2.45) is 0 Å². The monoisotopic (exact) mass is 588 g/mol. The van der Waals surface area contributed by atoms with Gasteiger partial charge in [0.1, 0.15) is 0 Å². The Hall–Kier alpha value is -3.52. The molecule has 0 aliphatic carbocycles. The SMILES string of the molecule is CCCCCC(c1ccc(C(CCC)c2ccc(C(CCCCC)c3ccc(N)cc3C)cc2)cc1)c1ccc(N)cc1C. The number of unbranched alkanes of at least 4 members (excludes halogenated alkanes) is 4. The van der Waals surface area contributed by atoms with Crippen molar-refractivity contribution in [3.05, 3.63) is 129 Å². The summed E-state index contributed by atoms with van der Waals surface area (Å²) in [5.74, 6) is 1.21. The first-order valence-corrected chi connectivity index (χ1v) is 17.3. The van der Waals surface area contributed by atoms with Crippen LogP contribution in [-0.2, 0) is 0 Å². The molecule has 0 bridgehead atoms. The predicted octanol–water partition coefficient (Wildman–Crippen LogP) is 11.8. The zero-order chi connectivity index (χ0) is 31.5. The van der Waals surface area contributed by atoms with Gasteiger partial charge in [0.15, 0.2) is 0 Å². The molecule has 4 aromatic carbocycles. The third kappa shape index (κ3) is 8.56. The lowest BCUT2D eigenvalue weighted by Crippen LogP contribution is -2.07. The Kier molecular flexibility index (Phi) is 12.5. The van der Waals surface area contributed by atoms with Crippen molar-refractivity contribution in [2.75, 3.05) is 11.5 Å².